The first-order valence-electron chi connectivity index (χ1n) is 7.28. The van der Waals surface area contributed by atoms with E-state index in [2.05, 4.69) is 5.32 Å². The number of ether oxygens (including phenoxy) is 1. The molecule has 1 aromatic rings. The van der Waals surface area contributed by atoms with Gasteiger partial charge in [-0.3, -0.25) is 4.79 Å². The lowest BCUT2D eigenvalue weighted by atomic mass is 9.92. The third-order valence-electron chi connectivity index (χ3n) is 3.74. The van der Waals surface area contributed by atoms with Crippen LogP contribution in [0.25, 0.3) is 0 Å². The summed E-state index contributed by atoms with van der Waals surface area (Å²) >= 11 is 0. The Morgan fingerprint density at radius 1 is 1.39 bits per heavy atom. The highest BCUT2D eigenvalue weighted by Crippen LogP contribution is 2.24. The molecule has 1 fully saturated rings. The van der Waals surface area contributed by atoms with Crippen LogP contribution in [0.15, 0.2) is 18.2 Å². The van der Waals surface area contributed by atoms with Crippen LogP contribution in [0.1, 0.15) is 13.3 Å². The Kier molecular flexibility index (Phi) is 5.36. The summed E-state index contributed by atoms with van der Waals surface area (Å²) in [5.74, 6) is -3.18. The van der Waals surface area contributed by atoms with E-state index in [1.807, 2.05) is 0 Å². The summed E-state index contributed by atoms with van der Waals surface area (Å²) in [6.07, 6.45) is -0.750. The van der Waals surface area contributed by atoms with Crippen LogP contribution in [0.3, 0.4) is 0 Å². The first-order chi connectivity index (χ1) is 10.9. The third-order valence-corrected chi connectivity index (χ3v) is 3.74. The van der Waals surface area contributed by atoms with Gasteiger partial charge in [0.15, 0.2) is 11.6 Å². The molecule has 1 aliphatic heterocycles. The fraction of sp³-hybridized carbons (Fsp3) is 0.467. The van der Waals surface area contributed by atoms with Crippen LogP contribution in [-0.4, -0.2) is 47.8 Å². The van der Waals surface area contributed by atoms with Gasteiger partial charge in [-0.1, -0.05) is 0 Å². The van der Waals surface area contributed by atoms with E-state index in [1.165, 1.54) is 6.07 Å². The van der Waals surface area contributed by atoms with Gasteiger partial charge in [0, 0.05) is 30.9 Å². The monoisotopic (exact) mass is 328 g/mol. The van der Waals surface area contributed by atoms with Crippen LogP contribution >= 0.6 is 0 Å². The van der Waals surface area contributed by atoms with Gasteiger partial charge in [-0.25, -0.2) is 13.6 Å². The lowest BCUT2D eigenvalue weighted by molar-refractivity contribution is -0.149. The van der Waals surface area contributed by atoms with Crippen molar-refractivity contribution in [3.63, 3.8) is 0 Å². The predicted molar refractivity (Wildman–Crippen MR) is 78.1 cm³/mol. The Hall–Kier alpha value is -2.38. The maximum absolute atomic E-state index is 13.3. The standard InChI is InChI=1S/C15H18F2N2O4/c1-2-23-14(20)10-8-19(15(21)22)6-5-13(10)18-9-3-4-11(16)12(17)7-9/h3-4,7,10,13,18H,2,5-6,8H2,1H3,(H,21,22). The Labute approximate surface area is 132 Å². The van der Waals surface area contributed by atoms with Gasteiger partial charge in [0.05, 0.1) is 12.5 Å². The molecule has 0 spiro atoms. The van der Waals surface area contributed by atoms with Crippen LogP contribution < -0.4 is 5.32 Å². The lowest BCUT2D eigenvalue weighted by Crippen LogP contribution is -2.51. The topological polar surface area (TPSA) is 78.9 Å². The van der Waals surface area contributed by atoms with Crippen molar-refractivity contribution in [2.45, 2.75) is 19.4 Å². The van der Waals surface area contributed by atoms with Crippen molar-refractivity contribution in [1.29, 1.82) is 0 Å². The van der Waals surface area contributed by atoms with E-state index in [0.717, 1.165) is 17.0 Å². The molecule has 1 amide bonds. The number of piperidine rings is 1. The van der Waals surface area contributed by atoms with E-state index in [1.54, 1.807) is 6.92 Å². The predicted octanol–water partition coefficient (Wildman–Crippen LogP) is 2.31. The highest BCUT2D eigenvalue weighted by Gasteiger charge is 2.37. The number of rotatable bonds is 4. The Bertz CT molecular complexity index is 597. The zero-order valence-electron chi connectivity index (χ0n) is 12.6. The summed E-state index contributed by atoms with van der Waals surface area (Å²) in [4.78, 5) is 24.3. The molecule has 1 saturated heterocycles. The van der Waals surface area contributed by atoms with Crippen molar-refractivity contribution >= 4 is 17.7 Å². The van der Waals surface area contributed by atoms with Gasteiger partial charge in [0.1, 0.15) is 0 Å². The zero-order chi connectivity index (χ0) is 17.0. The number of benzene rings is 1. The van der Waals surface area contributed by atoms with E-state index in [9.17, 15) is 18.4 Å². The van der Waals surface area contributed by atoms with E-state index >= 15 is 0 Å². The smallest absolute Gasteiger partial charge is 0.407 e. The van der Waals surface area contributed by atoms with Crippen molar-refractivity contribution in [3.05, 3.63) is 29.8 Å². The summed E-state index contributed by atoms with van der Waals surface area (Å²) in [6.45, 7) is 2.08. The zero-order valence-corrected chi connectivity index (χ0v) is 12.6. The number of anilines is 1. The molecule has 2 N–H and O–H groups in total. The van der Waals surface area contributed by atoms with Gasteiger partial charge in [0.2, 0.25) is 0 Å². The quantitative estimate of drug-likeness (QED) is 0.829. The second kappa shape index (κ2) is 7.26. The normalized spacial score (nSPS) is 20.9. The number of nitrogens with one attached hydrogen (secondary N) is 1. The van der Waals surface area contributed by atoms with Crippen LogP contribution in [0.4, 0.5) is 19.3 Å². The molecular weight excluding hydrogens is 310 g/mol. The summed E-state index contributed by atoms with van der Waals surface area (Å²) < 4.78 is 31.2. The minimum Gasteiger partial charge on any atom is -0.466 e. The molecule has 6 nitrogen and oxygen atoms in total. The van der Waals surface area contributed by atoms with Gasteiger partial charge in [0.25, 0.3) is 0 Å². The van der Waals surface area contributed by atoms with Crippen molar-refractivity contribution in [3.8, 4) is 0 Å². The van der Waals surface area contributed by atoms with Gasteiger partial charge in [-0.05, 0) is 25.5 Å². The molecular formula is C15H18F2N2O4. The number of likely N-dealkylation sites (tertiary alicyclic amines) is 1. The average molecular weight is 328 g/mol. The molecule has 0 saturated carbocycles. The van der Waals surface area contributed by atoms with Gasteiger partial charge in [-0.15, -0.1) is 0 Å². The van der Waals surface area contributed by atoms with Crippen LogP contribution in [0.2, 0.25) is 0 Å². The highest BCUT2D eigenvalue weighted by atomic mass is 19.2. The Morgan fingerprint density at radius 3 is 2.74 bits per heavy atom. The Balaban J connectivity index is 2.15. The number of halogens is 2. The summed E-state index contributed by atoms with van der Waals surface area (Å²) in [6, 6.07) is 2.93. The third kappa shape index (κ3) is 4.08. The maximum atomic E-state index is 13.3. The van der Waals surface area contributed by atoms with Crippen LogP contribution in [-0.2, 0) is 9.53 Å². The largest absolute Gasteiger partial charge is 0.466 e. The van der Waals surface area contributed by atoms with E-state index < -0.39 is 35.7 Å². The molecule has 1 aliphatic rings. The van der Waals surface area contributed by atoms with Crippen molar-refractivity contribution in [1.82, 2.24) is 4.90 Å². The second-order valence-corrected chi connectivity index (χ2v) is 5.26. The van der Waals surface area contributed by atoms with Gasteiger partial charge in [-0.2, -0.15) is 0 Å². The average Bonchev–Trinajstić information content (AvgIpc) is 2.51. The summed E-state index contributed by atoms with van der Waals surface area (Å²) in [5.41, 5.74) is 0.326. The second-order valence-electron chi connectivity index (χ2n) is 5.26. The Morgan fingerprint density at radius 2 is 2.13 bits per heavy atom. The number of carbonyl (C=O) groups excluding carboxylic acids is 1. The fourth-order valence-corrected chi connectivity index (χ4v) is 2.59. The molecule has 0 aliphatic carbocycles. The molecule has 2 unspecified atom stereocenters. The first-order valence-corrected chi connectivity index (χ1v) is 7.28. The van der Waals surface area contributed by atoms with E-state index in [4.69, 9.17) is 9.84 Å². The van der Waals surface area contributed by atoms with Crippen LogP contribution in [0.5, 0.6) is 0 Å². The molecule has 1 aromatic carbocycles. The SMILES string of the molecule is CCOC(=O)C1CN(C(=O)O)CCC1Nc1ccc(F)c(F)c1. The molecule has 0 bridgehead atoms. The molecule has 0 aromatic heterocycles. The van der Waals surface area contributed by atoms with Crippen LogP contribution in [0, 0.1) is 17.6 Å². The minimum absolute atomic E-state index is 0.00445. The molecule has 8 heteroatoms. The summed E-state index contributed by atoms with van der Waals surface area (Å²) in [5, 5.41) is 12.0. The number of hydrogen-bond donors (Lipinski definition) is 2. The van der Waals surface area contributed by atoms with E-state index in [0.29, 0.717) is 12.1 Å². The maximum Gasteiger partial charge on any atom is 0.407 e. The van der Waals surface area contributed by atoms with Crippen molar-refractivity contribution in [2.75, 3.05) is 25.0 Å². The minimum atomic E-state index is -1.11. The van der Waals surface area contributed by atoms with Crippen molar-refractivity contribution < 1.29 is 28.2 Å². The number of amides is 1. The molecule has 2 atom stereocenters. The lowest BCUT2D eigenvalue weighted by Gasteiger charge is -2.36. The number of carbonyl (C=O) groups is 2. The molecule has 1 heterocycles. The molecule has 0 radical (unpaired) electrons. The molecule has 126 valence electrons. The van der Waals surface area contributed by atoms with Crippen molar-refractivity contribution in [2.24, 2.45) is 5.92 Å². The fourth-order valence-electron chi connectivity index (χ4n) is 2.59. The number of carboxylic acid groups (broad SMARTS) is 1. The number of hydrogen-bond acceptors (Lipinski definition) is 4. The molecule has 2 rings (SSSR count). The molecule has 23 heavy (non-hydrogen) atoms. The highest BCUT2D eigenvalue weighted by molar-refractivity contribution is 5.76. The van der Waals surface area contributed by atoms with Gasteiger partial charge < -0.3 is 20.1 Å². The van der Waals surface area contributed by atoms with E-state index in [-0.39, 0.29) is 19.7 Å². The first kappa shape index (κ1) is 17.0. The number of esters is 1. The van der Waals surface area contributed by atoms with Gasteiger partial charge >= 0.3 is 12.1 Å². The number of nitrogens with zero attached hydrogens (tertiary/aromatic N) is 1. The summed E-state index contributed by atoms with van der Waals surface area (Å²) in [7, 11) is 0.